The summed E-state index contributed by atoms with van der Waals surface area (Å²) in [4.78, 5) is 59.5. The molecule has 0 bridgehead atoms. The molecule has 0 unspecified atom stereocenters. The Labute approximate surface area is 426 Å². The summed E-state index contributed by atoms with van der Waals surface area (Å²) in [5.41, 5.74) is 7.69. The molecule has 0 spiro atoms. The summed E-state index contributed by atoms with van der Waals surface area (Å²) in [5.74, 6) is -0.670. The average Bonchev–Trinajstić information content (AvgIpc) is 4.01. The predicted molar refractivity (Wildman–Crippen MR) is 272 cm³/mol. The molecule has 384 valence electrons. The number of alkyl halides is 3. The fraction of sp³-hybridized carbons (Fsp3) is 0.451. The molecule has 2 aliphatic heterocycles. The number of anilines is 2. The zero-order valence-corrected chi connectivity index (χ0v) is 42.7. The molecular weight excluding hydrogens is 972 g/mol. The van der Waals surface area contributed by atoms with Gasteiger partial charge in [-0.25, -0.2) is 4.98 Å². The summed E-state index contributed by atoms with van der Waals surface area (Å²) in [6, 6.07) is 13.2. The summed E-state index contributed by atoms with van der Waals surface area (Å²) < 4.78 is 58.7. The molecule has 4 heterocycles. The Morgan fingerprint density at radius 1 is 1.04 bits per heavy atom. The molecule has 21 heteroatoms. The molecule has 2 aromatic heterocycles. The van der Waals surface area contributed by atoms with Gasteiger partial charge in [0.05, 0.1) is 76.2 Å². The van der Waals surface area contributed by atoms with Crippen LogP contribution >= 0.6 is 23.6 Å². The topological polar surface area (TPSA) is 209 Å². The highest BCUT2D eigenvalue weighted by Gasteiger charge is 2.51. The smallest absolute Gasteiger partial charge is 0.417 e. The van der Waals surface area contributed by atoms with Crippen molar-refractivity contribution in [1.29, 1.82) is 5.26 Å². The molecule has 2 fully saturated rings. The number of ether oxygens (including phenoxy) is 3. The Hall–Kier alpha value is -6.47. The highest BCUT2D eigenvalue weighted by atomic mass is 32.1. The van der Waals surface area contributed by atoms with E-state index in [9.17, 15) is 37.9 Å². The van der Waals surface area contributed by atoms with Crippen LogP contribution in [0.5, 0.6) is 5.75 Å². The first kappa shape index (κ1) is 54.9. The van der Waals surface area contributed by atoms with Crippen molar-refractivity contribution in [3.05, 3.63) is 101 Å². The number of carbonyl (C=O) groups excluding carboxylic acids is 3. The third-order valence-electron chi connectivity index (χ3n) is 12.2. The minimum Gasteiger partial charge on any atom is -0.494 e. The Morgan fingerprint density at radius 3 is 2.39 bits per heavy atom. The molecule has 2 saturated heterocycles. The number of aliphatic imine (C=N–C) groups is 1. The lowest BCUT2D eigenvalue weighted by atomic mass is 10.0. The number of β-amino-alcohol motifs (C(OH)–C–C–N with tert-alkyl or cyclic N) is 1. The number of hydrogen-bond acceptors (Lipinski definition) is 14. The number of nitriles is 1. The molecule has 4 aromatic rings. The van der Waals surface area contributed by atoms with Crippen molar-refractivity contribution in [3.8, 4) is 22.3 Å². The largest absolute Gasteiger partial charge is 0.494 e. The quantitative estimate of drug-likeness (QED) is 0.0295. The van der Waals surface area contributed by atoms with Crippen LogP contribution in [0.15, 0.2) is 83.3 Å². The maximum atomic E-state index is 13.9. The fourth-order valence-corrected chi connectivity index (χ4v) is 9.63. The van der Waals surface area contributed by atoms with Crippen molar-refractivity contribution in [1.82, 2.24) is 20.2 Å². The molecule has 0 radical (unpaired) electrons. The van der Waals surface area contributed by atoms with Crippen LogP contribution in [-0.2, 0) is 30.0 Å². The van der Waals surface area contributed by atoms with Gasteiger partial charge in [-0.05, 0) is 114 Å². The van der Waals surface area contributed by atoms with E-state index in [1.807, 2.05) is 39.8 Å². The van der Waals surface area contributed by atoms with Crippen molar-refractivity contribution in [3.63, 3.8) is 0 Å². The molecular formula is C51H60F3N9O7S2. The molecule has 16 nitrogen and oxygen atoms in total. The number of nitrogens with two attached hydrogens (primary N) is 1. The van der Waals surface area contributed by atoms with E-state index in [0.717, 1.165) is 52.4 Å². The summed E-state index contributed by atoms with van der Waals surface area (Å²) in [6.07, 6.45) is 1.84. The zero-order chi connectivity index (χ0) is 52.3. The zero-order valence-electron chi connectivity index (χ0n) is 41.0. The first-order valence-electron chi connectivity index (χ1n) is 23.6. The maximum Gasteiger partial charge on any atom is 0.417 e. The van der Waals surface area contributed by atoms with Crippen molar-refractivity contribution in [2.75, 3.05) is 42.8 Å². The number of carbonyl (C=O) groups is 3. The van der Waals surface area contributed by atoms with Gasteiger partial charge in [-0.2, -0.15) is 18.4 Å². The number of allylic oxidation sites excluding steroid dienone is 1. The van der Waals surface area contributed by atoms with E-state index in [1.54, 1.807) is 60.8 Å². The van der Waals surface area contributed by atoms with Crippen LogP contribution in [0.1, 0.15) is 95.3 Å². The van der Waals surface area contributed by atoms with Crippen LogP contribution in [0.25, 0.3) is 10.4 Å². The Bertz CT molecular complexity index is 2650. The number of benzene rings is 2. The van der Waals surface area contributed by atoms with Crippen molar-refractivity contribution < 1.29 is 46.9 Å². The average molecular weight is 1030 g/mol. The number of halogens is 3. The Kier molecular flexibility index (Phi) is 18.5. The van der Waals surface area contributed by atoms with Gasteiger partial charge >= 0.3 is 6.18 Å². The van der Waals surface area contributed by atoms with Crippen LogP contribution in [0.2, 0.25) is 0 Å². The van der Waals surface area contributed by atoms with Gasteiger partial charge in [-0.1, -0.05) is 19.9 Å². The van der Waals surface area contributed by atoms with Gasteiger partial charge in [-0.3, -0.25) is 29.3 Å². The third-order valence-corrected chi connectivity index (χ3v) is 13.6. The number of amides is 3. The van der Waals surface area contributed by atoms with Gasteiger partial charge in [-0.15, -0.1) is 11.3 Å². The fourth-order valence-electron chi connectivity index (χ4n) is 8.31. The molecule has 0 aliphatic carbocycles. The van der Waals surface area contributed by atoms with Crippen LogP contribution in [0, 0.1) is 24.2 Å². The van der Waals surface area contributed by atoms with Gasteiger partial charge in [0.25, 0.3) is 5.91 Å². The van der Waals surface area contributed by atoms with Crippen LogP contribution in [0.3, 0.4) is 0 Å². The standard InChI is InChI=1S/C51H60F3N9O7S2/c1-31(2)44(47(66)61-29-38(64)24-43(61)46(65)60-32(3)42-18-12-35(27-57-42)45-33(4)59-30-72-45)58-28-40(26-56)70-22-10-20-68-19-8-7-9-21-69-39-16-14-36(15-17-39)63-49(71)62(48(67)50(63,5)6)37-13-11-34(25-55)41(23-37)51(52,53)54/h11-18,23,26-28,30-32,38,43-44,64H,7-10,19-22,24,29,56H2,1-6H3,(H,60,65)/b40-26+,58-28?/t32-,38+,43-,44+/m0/s1. The van der Waals surface area contributed by atoms with Crippen LogP contribution < -0.4 is 25.6 Å². The van der Waals surface area contributed by atoms with Gasteiger partial charge in [0.15, 0.2) is 10.9 Å². The molecule has 72 heavy (non-hydrogen) atoms. The summed E-state index contributed by atoms with van der Waals surface area (Å²) in [7, 11) is 0. The van der Waals surface area contributed by atoms with Gasteiger partial charge < -0.3 is 40.2 Å². The SMILES string of the molecule is Cc1ncsc1-c1ccc([C@H](C)NC(=O)[C@@H]2C[C@@H](O)CN2C(=O)[C@H](N=C/C(=C\N)OCCCOCCCCCOc2ccc(N3C(=S)N(c4ccc(C#N)c(C(F)(F)F)c4)C(=O)C3(C)C)cc2)C(C)C)nc1. The molecule has 6 rings (SSSR count). The molecule has 2 aliphatic rings. The first-order chi connectivity index (χ1) is 34.3. The second-order valence-electron chi connectivity index (χ2n) is 18.3. The lowest BCUT2D eigenvalue weighted by Crippen LogP contribution is -2.50. The molecule has 2 aromatic carbocycles. The van der Waals surface area contributed by atoms with Gasteiger partial charge in [0.1, 0.15) is 23.4 Å². The van der Waals surface area contributed by atoms with Gasteiger partial charge in [0, 0.05) is 56.2 Å². The number of hydrogen-bond donors (Lipinski definition) is 3. The number of pyridine rings is 1. The number of likely N-dealkylation sites (tertiary alicyclic amines) is 1. The Morgan fingerprint density at radius 2 is 1.75 bits per heavy atom. The number of rotatable bonds is 22. The Balaban J connectivity index is 0.877. The molecule has 3 amide bonds. The van der Waals surface area contributed by atoms with E-state index < -0.39 is 58.9 Å². The number of aliphatic hydroxyl groups excluding tert-OH is 1. The highest BCUT2D eigenvalue weighted by Crippen LogP contribution is 2.40. The van der Waals surface area contributed by atoms with Gasteiger partial charge in [0.2, 0.25) is 11.8 Å². The first-order valence-corrected chi connectivity index (χ1v) is 24.9. The van der Waals surface area contributed by atoms with E-state index in [1.165, 1.54) is 34.7 Å². The second-order valence-corrected chi connectivity index (χ2v) is 19.5. The highest BCUT2D eigenvalue weighted by molar-refractivity contribution is 7.81. The van der Waals surface area contributed by atoms with E-state index in [-0.39, 0.29) is 41.3 Å². The number of unbranched alkanes of at least 4 members (excludes halogenated alkanes) is 2. The number of aryl methyl sites for hydroxylation is 1. The normalized spacial score (nSPS) is 18.0. The van der Waals surface area contributed by atoms with Crippen LogP contribution in [0.4, 0.5) is 24.5 Å². The van der Waals surface area contributed by atoms with Crippen molar-refractivity contribution >= 4 is 64.0 Å². The molecule has 4 atom stereocenters. The predicted octanol–water partition coefficient (Wildman–Crippen LogP) is 8.03. The third kappa shape index (κ3) is 13.1. The molecule has 0 saturated carbocycles. The van der Waals surface area contributed by atoms with E-state index in [0.29, 0.717) is 50.0 Å². The summed E-state index contributed by atoms with van der Waals surface area (Å²) in [6.45, 7) is 12.4. The number of thiazole rings is 1. The number of thiocarbonyl (C=S) groups is 1. The van der Waals surface area contributed by atoms with Crippen LogP contribution in [-0.4, -0.2) is 106 Å². The summed E-state index contributed by atoms with van der Waals surface area (Å²) >= 11 is 7.16. The number of aliphatic hydroxyl groups is 1. The van der Waals surface area contributed by atoms with E-state index in [4.69, 9.17) is 32.2 Å². The minimum absolute atomic E-state index is 0.000173. The monoisotopic (exact) mass is 1030 g/mol. The number of nitrogens with one attached hydrogen (secondary N) is 1. The lowest BCUT2D eigenvalue weighted by Gasteiger charge is -2.29. The number of aromatic nitrogens is 2. The minimum atomic E-state index is -4.80. The lowest BCUT2D eigenvalue weighted by molar-refractivity contribution is -0.140. The van der Waals surface area contributed by atoms with Crippen molar-refractivity contribution in [2.24, 2.45) is 16.6 Å². The summed E-state index contributed by atoms with van der Waals surface area (Å²) in [5, 5.41) is 22.8. The molecule has 4 N–H and O–H groups in total. The second kappa shape index (κ2) is 24.3. The van der Waals surface area contributed by atoms with E-state index in [2.05, 4.69) is 20.3 Å². The van der Waals surface area contributed by atoms with Crippen molar-refractivity contribution in [2.45, 2.75) is 110 Å². The number of nitrogens with zero attached hydrogens (tertiary/aromatic N) is 7. The van der Waals surface area contributed by atoms with E-state index >= 15 is 0 Å². The maximum absolute atomic E-state index is 13.9.